The van der Waals surface area contributed by atoms with Crippen LogP contribution in [0.25, 0.3) is 10.9 Å². The summed E-state index contributed by atoms with van der Waals surface area (Å²) in [5.41, 5.74) is 2.98. The Morgan fingerprint density at radius 2 is 2.03 bits per heavy atom. The fraction of sp³-hybridized carbons (Fsp3) is 0.391. The standard InChI is InChI=1S/C23H26N4O3/c1-13-4-5-16-6-7-17(10-19(16)26-13)29-11-20-14(2)21(28)23(30-20)27-9-8-18-15(3)24-12-25-22(18)27/h4-10,12,14-15,20-21,23,28H,11H2,1-3H3,(H,24,25)/t14-,15?,20+,21+,23+/m0/s1. The molecule has 0 saturated carbocycles. The maximum absolute atomic E-state index is 10.9. The van der Waals surface area contributed by atoms with Gasteiger partial charge in [-0.3, -0.25) is 4.98 Å². The van der Waals surface area contributed by atoms with Gasteiger partial charge in [-0.15, -0.1) is 0 Å². The third-order valence-electron chi connectivity index (χ3n) is 6.12. The second-order valence-corrected chi connectivity index (χ2v) is 8.18. The number of aliphatic hydroxyl groups excluding tert-OH is 1. The van der Waals surface area contributed by atoms with Crippen molar-refractivity contribution in [2.75, 3.05) is 6.61 Å². The lowest BCUT2D eigenvalue weighted by Gasteiger charge is -2.22. The lowest BCUT2D eigenvalue weighted by atomic mass is 10.0. The van der Waals surface area contributed by atoms with Crippen LogP contribution < -0.4 is 10.1 Å². The van der Waals surface area contributed by atoms with Crippen LogP contribution in [0.5, 0.6) is 5.75 Å². The smallest absolute Gasteiger partial charge is 0.162 e. The minimum absolute atomic E-state index is 0.0722. The minimum atomic E-state index is -0.642. The second kappa shape index (κ2) is 7.41. The highest BCUT2D eigenvalue weighted by atomic mass is 16.6. The molecule has 1 fully saturated rings. The van der Waals surface area contributed by atoms with Crippen molar-refractivity contribution < 1.29 is 14.6 Å². The lowest BCUT2D eigenvalue weighted by Crippen LogP contribution is -2.27. The third-order valence-corrected chi connectivity index (χ3v) is 6.12. The van der Waals surface area contributed by atoms with Crippen LogP contribution in [-0.4, -0.2) is 39.8 Å². The SMILES string of the molecule is Cc1ccc2ccc(OC[C@H]3O[C@@H](n4ccc5c4N=CNC5C)[C@H](O)[C@H]3C)cc2n1. The quantitative estimate of drug-likeness (QED) is 0.691. The molecule has 4 heterocycles. The van der Waals surface area contributed by atoms with E-state index in [1.165, 1.54) is 0 Å². The number of aryl methyl sites for hydroxylation is 1. The van der Waals surface area contributed by atoms with Crippen molar-refractivity contribution in [3.05, 3.63) is 53.9 Å². The molecule has 1 saturated heterocycles. The van der Waals surface area contributed by atoms with Crippen LogP contribution in [0, 0.1) is 12.8 Å². The summed E-state index contributed by atoms with van der Waals surface area (Å²) in [6, 6.07) is 12.2. The number of aromatic nitrogens is 2. The topological polar surface area (TPSA) is 80.9 Å². The zero-order valence-corrected chi connectivity index (χ0v) is 17.3. The Morgan fingerprint density at radius 1 is 1.20 bits per heavy atom. The van der Waals surface area contributed by atoms with Gasteiger partial charge in [-0.2, -0.15) is 0 Å². The van der Waals surface area contributed by atoms with Crippen LogP contribution >= 0.6 is 0 Å². The maximum atomic E-state index is 10.9. The van der Waals surface area contributed by atoms with Crippen molar-refractivity contribution >= 4 is 23.1 Å². The van der Waals surface area contributed by atoms with E-state index in [0.717, 1.165) is 33.7 Å². The Kier molecular flexibility index (Phi) is 4.72. The Hall–Kier alpha value is -2.90. The van der Waals surface area contributed by atoms with Crippen molar-refractivity contribution in [1.82, 2.24) is 14.9 Å². The summed E-state index contributed by atoms with van der Waals surface area (Å²) >= 11 is 0. The normalized spacial score (nSPS) is 27.8. The van der Waals surface area contributed by atoms with Gasteiger partial charge in [-0.1, -0.05) is 13.0 Å². The monoisotopic (exact) mass is 406 g/mol. The summed E-state index contributed by atoms with van der Waals surface area (Å²) in [7, 11) is 0. The first-order valence-electron chi connectivity index (χ1n) is 10.3. The van der Waals surface area contributed by atoms with E-state index in [0.29, 0.717) is 6.61 Å². The van der Waals surface area contributed by atoms with Gasteiger partial charge in [0.2, 0.25) is 0 Å². The molecule has 7 heteroatoms. The van der Waals surface area contributed by atoms with Crippen molar-refractivity contribution in [2.24, 2.45) is 10.9 Å². The molecule has 0 radical (unpaired) electrons. The predicted octanol–water partition coefficient (Wildman–Crippen LogP) is 3.64. The van der Waals surface area contributed by atoms with Crippen LogP contribution in [0.4, 0.5) is 5.82 Å². The molecule has 2 aliphatic rings. The number of fused-ring (bicyclic) bond motifs is 2. The number of hydrogen-bond acceptors (Lipinski definition) is 6. The summed E-state index contributed by atoms with van der Waals surface area (Å²) in [6.07, 6.45) is 2.28. The van der Waals surface area contributed by atoms with Gasteiger partial charge in [0.15, 0.2) is 6.23 Å². The minimum Gasteiger partial charge on any atom is -0.491 e. The molecular weight excluding hydrogens is 380 g/mol. The van der Waals surface area contributed by atoms with Gasteiger partial charge >= 0.3 is 0 Å². The van der Waals surface area contributed by atoms with Gasteiger partial charge in [0, 0.05) is 34.8 Å². The van der Waals surface area contributed by atoms with E-state index < -0.39 is 12.3 Å². The molecule has 1 unspecified atom stereocenters. The summed E-state index contributed by atoms with van der Waals surface area (Å²) in [6.45, 7) is 6.41. The van der Waals surface area contributed by atoms with Crippen LogP contribution in [0.3, 0.4) is 0 Å². The number of aliphatic hydroxyl groups is 1. The fourth-order valence-corrected chi connectivity index (χ4v) is 4.19. The first-order valence-corrected chi connectivity index (χ1v) is 10.3. The lowest BCUT2D eigenvalue weighted by molar-refractivity contribution is -0.0468. The van der Waals surface area contributed by atoms with Crippen LogP contribution in [0.15, 0.2) is 47.6 Å². The molecule has 5 atom stereocenters. The van der Waals surface area contributed by atoms with E-state index in [4.69, 9.17) is 9.47 Å². The van der Waals surface area contributed by atoms with Gasteiger partial charge < -0.3 is 24.5 Å². The Labute approximate surface area is 175 Å². The van der Waals surface area contributed by atoms with E-state index in [1.807, 2.05) is 54.9 Å². The molecular formula is C23H26N4O3. The van der Waals surface area contributed by atoms with Gasteiger partial charge in [-0.25, -0.2) is 4.99 Å². The molecule has 156 valence electrons. The van der Waals surface area contributed by atoms with Gasteiger partial charge in [0.25, 0.3) is 0 Å². The highest BCUT2D eigenvalue weighted by Crippen LogP contribution is 2.39. The summed E-state index contributed by atoms with van der Waals surface area (Å²) in [5.74, 6) is 1.50. The first-order chi connectivity index (χ1) is 14.5. The van der Waals surface area contributed by atoms with Crippen LogP contribution in [-0.2, 0) is 4.74 Å². The molecule has 30 heavy (non-hydrogen) atoms. The Balaban J connectivity index is 1.32. The Bertz CT molecular complexity index is 1110. The highest BCUT2D eigenvalue weighted by molar-refractivity contribution is 5.80. The van der Waals surface area contributed by atoms with Crippen molar-refractivity contribution in [2.45, 2.75) is 45.2 Å². The number of hydrogen-bond donors (Lipinski definition) is 2. The van der Waals surface area contributed by atoms with E-state index in [-0.39, 0.29) is 18.1 Å². The molecule has 2 N–H and O–H groups in total. The highest BCUT2D eigenvalue weighted by Gasteiger charge is 2.43. The number of rotatable bonds is 4. The van der Waals surface area contributed by atoms with E-state index in [2.05, 4.69) is 28.3 Å². The van der Waals surface area contributed by atoms with Gasteiger partial charge in [-0.05, 0) is 38.1 Å². The van der Waals surface area contributed by atoms with E-state index in [1.54, 1.807) is 6.34 Å². The molecule has 5 rings (SSSR count). The maximum Gasteiger partial charge on any atom is 0.162 e. The molecule has 0 amide bonds. The van der Waals surface area contributed by atoms with Crippen molar-refractivity contribution in [3.8, 4) is 5.75 Å². The van der Waals surface area contributed by atoms with Crippen LogP contribution in [0.1, 0.15) is 37.4 Å². The zero-order chi connectivity index (χ0) is 20.8. The summed E-state index contributed by atoms with van der Waals surface area (Å²) in [5, 5.41) is 15.1. The molecule has 1 aromatic carbocycles. The number of nitrogens with one attached hydrogen (secondary N) is 1. The number of benzene rings is 1. The molecule has 2 aliphatic heterocycles. The molecule has 2 aromatic heterocycles. The van der Waals surface area contributed by atoms with E-state index in [9.17, 15) is 5.11 Å². The fourth-order valence-electron chi connectivity index (χ4n) is 4.19. The van der Waals surface area contributed by atoms with Crippen molar-refractivity contribution in [3.63, 3.8) is 0 Å². The summed E-state index contributed by atoms with van der Waals surface area (Å²) in [4.78, 5) is 9.02. The van der Waals surface area contributed by atoms with Gasteiger partial charge in [0.05, 0.1) is 24.0 Å². The zero-order valence-electron chi connectivity index (χ0n) is 17.3. The number of pyridine rings is 1. The third kappa shape index (κ3) is 3.24. The molecule has 0 spiro atoms. The second-order valence-electron chi connectivity index (χ2n) is 8.18. The van der Waals surface area contributed by atoms with Crippen LogP contribution in [0.2, 0.25) is 0 Å². The number of nitrogens with zero attached hydrogens (tertiary/aromatic N) is 3. The average Bonchev–Trinajstić information content (AvgIpc) is 3.29. The molecule has 0 aliphatic carbocycles. The molecule has 0 bridgehead atoms. The first kappa shape index (κ1) is 19.1. The number of aliphatic imine (C=N–C) groups is 1. The van der Waals surface area contributed by atoms with E-state index >= 15 is 0 Å². The molecule has 3 aromatic rings. The Morgan fingerprint density at radius 3 is 2.90 bits per heavy atom. The average molecular weight is 406 g/mol. The van der Waals surface area contributed by atoms with Crippen molar-refractivity contribution in [1.29, 1.82) is 0 Å². The largest absolute Gasteiger partial charge is 0.491 e. The summed E-state index contributed by atoms with van der Waals surface area (Å²) < 4.78 is 14.2. The molecule has 7 nitrogen and oxygen atoms in total. The number of ether oxygens (including phenoxy) is 2. The van der Waals surface area contributed by atoms with Gasteiger partial charge in [0.1, 0.15) is 24.3 Å². The predicted molar refractivity (Wildman–Crippen MR) is 115 cm³/mol.